The van der Waals surface area contributed by atoms with Crippen molar-refractivity contribution in [3.63, 3.8) is 0 Å². The number of benzene rings is 1. The van der Waals surface area contributed by atoms with Crippen LogP contribution in [-0.4, -0.2) is 16.1 Å². The molecule has 1 aromatic carbocycles. The lowest BCUT2D eigenvalue weighted by molar-refractivity contribution is -0.141. The number of alkyl halides is 3. The molecule has 9 heteroatoms. The molecule has 2 rings (SSSR count). The van der Waals surface area contributed by atoms with Crippen LogP contribution >= 0.6 is 23.2 Å². The van der Waals surface area contributed by atoms with Gasteiger partial charge in [0.05, 0.1) is 10.0 Å². The Morgan fingerprint density at radius 1 is 1.25 bits per heavy atom. The first-order chi connectivity index (χ1) is 9.20. The van der Waals surface area contributed by atoms with E-state index in [4.69, 9.17) is 28.3 Å². The molecule has 0 aliphatic carbocycles. The van der Waals surface area contributed by atoms with Gasteiger partial charge in [-0.15, -0.1) is 0 Å². The maximum Gasteiger partial charge on any atom is 0.437 e. The Morgan fingerprint density at radius 3 is 2.35 bits per heavy atom. The summed E-state index contributed by atoms with van der Waals surface area (Å²) in [4.78, 5) is 13.9. The summed E-state index contributed by atoms with van der Waals surface area (Å²) in [6.45, 7) is 0. The number of halogens is 5. The number of carboxylic acid groups (broad SMARTS) is 1. The van der Waals surface area contributed by atoms with E-state index >= 15 is 0 Å². The van der Waals surface area contributed by atoms with Gasteiger partial charge in [0.2, 0.25) is 11.7 Å². The molecule has 0 radical (unpaired) electrons. The van der Waals surface area contributed by atoms with Gasteiger partial charge in [-0.1, -0.05) is 23.2 Å². The van der Waals surface area contributed by atoms with Crippen molar-refractivity contribution in [3.05, 3.63) is 39.7 Å². The highest BCUT2D eigenvalue weighted by Crippen LogP contribution is 2.35. The lowest BCUT2D eigenvalue weighted by atomic mass is 10.2. The molecule has 0 saturated carbocycles. The molecule has 20 heavy (non-hydrogen) atoms. The first kappa shape index (κ1) is 14.7. The van der Waals surface area contributed by atoms with E-state index in [1.165, 1.54) is 18.2 Å². The highest BCUT2D eigenvalue weighted by atomic mass is 35.5. The van der Waals surface area contributed by atoms with Crippen molar-refractivity contribution in [2.24, 2.45) is 0 Å². The quantitative estimate of drug-likeness (QED) is 0.890. The lowest BCUT2D eigenvalue weighted by Crippen LogP contribution is -2.11. The zero-order valence-electron chi connectivity index (χ0n) is 9.33. The third kappa shape index (κ3) is 2.73. The smallest absolute Gasteiger partial charge is 0.437 e. The number of rotatable bonds is 2. The third-order valence-corrected chi connectivity index (χ3v) is 3.00. The lowest BCUT2D eigenvalue weighted by Gasteiger charge is -2.01. The summed E-state index contributed by atoms with van der Waals surface area (Å²) in [6.07, 6.45) is -4.94. The summed E-state index contributed by atoms with van der Waals surface area (Å²) >= 11 is 11.4. The molecule has 0 fully saturated rings. The number of oxazole rings is 1. The van der Waals surface area contributed by atoms with Crippen LogP contribution < -0.4 is 0 Å². The highest BCUT2D eigenvalue weighted by molar-refractivity contribution is 6.42. The SMILES string of the molecule is O=C(O)c1oc(-c2ccc(Cl)c(Cl)c2)nc1C(F)(F)F. The van der Waals surface area contributed by atoms with Crippen molar-refractivity contribution < 1.29 is 27.5 Å². The second-order valence-corrected chi connectivity index (χ2v) is 4.44. The second kappa shape index (κ2) is 4.99. The molecule has 0 spiro atoms. The average Bonchev–Trinajstić information content (AvgIpc) is 2.77. The first-order valence-electron chi connectivity index (χ1n) is 4.97. The van der Waals surface area contributed by atoms with Crippen LogP contribution in [0, 0.1) is 0 Å². The van der Waals surface area contributed by atoms with E-state index in [2.05, 4.69) is 9.40 Å². The zero-order valence-corrected chi connectivity index (χ0v) is 10.8. The monoisotopic (exact) mass is 325 g/mol. The number of carbonyl (C=O) groups is 1. The summed E-state index contributed by atoms with van der Waals surface area (Å²) < 4.78 is 42.6. The Hall–Kier alpha value is -1.73. The standard InChI is InChI=1S/C11H4Cl2F3NO3/c12-5-2-1-4(3-6(5)13)9-17-8(11(14,15)16)7(20-9)10(18)19/h1-3H,(H,18,19). The van der Waals surface area contributed by atoms with Gasteiger partial charge in [-0.3, -0.25) is 0 Å². The summed E-state index contributed by atoms with van der Waals surface area (Å²) in [6, 6.07) is 3.87. The van der Waals surface area contributed by atoms with Crippen molar-refractivity contribution in [1.29, 1.82) is 0 Å². The normalized spacial score (nSPS) is 11.7. The molecule has 0 aliphatic rings. The van der Waals surface area contributed by atoms with Gasteiger partial charge in [0.25, 0.3) is 0 Å². The Bertz CT molecular complexity index is 682. The number of nitrogens with zero attached hydrogens (tertiary/aromatic N) is 1. The fourth-order valence-corrected chi connectivity index (χ4v) is 1.71. The van der Waals surface area contributed by atoms with Crippen molar-refractivity contribution >= 4 is 29.2 Å². The van der Waals surface area contributed by atoms with E-state index in [1.54, 1.807) is 0 Å². The van der Waals surface area contributed by atoms with Gasteiger partial charge >= 0.3 is 12.1 Å². The molecule has 1 heterocycles. The van der Waals surface area contributed by atoms with Crippen LogP contribution in [-0.2, 0) is 6.18 Å². The van der Waals surface area contributed by atoms with Gasteiger partial charge in [0.1, 0.15) is 0 Å². The van der Waals surface area contributed by atoms with Crippen LogP contribution in [0.25, 0.3) is 11.5 Å². The first-order valence-corrected chi connectivity index (χ1v) is 5.72. The molecule has 0 aliphatic heterocycles. The summed E-state index contributed by atoms with van der Waals surface area (Å²) in [5.74, 6) is -3.65. The van der Waals surface area contributed by atoms with Crippen LogP contribution in [0.5, 0.6) is 0 Å². The van der Waals surface area contributed by atoms with Crippen molar-refractivity contribution in [1.82, 2.24) is 4.98 Å². The van der Waals surface area contributed by atoms with Gasteiger partial charge in [0.15, 0.2) is 5.69 Å². The molecular weight excluding hydrogens is 322 g/mol. The van der Waals surface area contributed by atoms with Crippen LogP contribution in [0.4, 0.5) is 13.2 Å². The fourth-order valence-electron chi connectivity index (χ4n) is 1.41. The van der Waals surface area contributed by atoms with E-state index in [0.717, 1.165) is 0 Å². The topological polar surface area (TPSA) is 63.3 Å². The van der Waals surface area contributed by atoms with E-state index in [1.807, 2.05) is 0 Å². The molecule has 0 bridgehead atoms. The summed E-state index contributed by atoms with van der Waals surface area (Å²) in [5, 5.41) is 8.97. The van der Waals surface area contributed by atoms with Crippen LogP contribution in [0.3, 0.4) is 0 Å². The fraction of sp³-hybridized carbons (Fsp3) is 0.0909. The maximum absolute atomic E-state index is 12.6. The van der Waals surface area contributed by atoms with Crippen molar-refractivity contribution in [3.8, 4) is 11.5 Å². The summed E-state index contributed by atoms with van der Waals surface area (Å²) in [7, 11) is 0. The number of aromatic carboxylic acids is 1. The largest absolute Gasteiger partial charge is 0.475 e. The van der Waals surface area contributed by atoms with Crippen LogP contribution in [0.2, 0.25) is 10.0 Å². The summed E-state index contributed by atoms with van der Waals surface area (Å²) in [5.41, 5.74) is -1.52. The predicted molar refractivity (Wildman–Crippen MR) is 63.9 cm³/mol. The minimum Gasteiger partial charge on any atom is -0.475 e. The molecule has 0 amide bonds. The zero-order chi connectivity index (χ0) is 15.1. The van der Waals surface area contributed by atoms with Gasteiger partial charge in [0, 0.05) is 5.56 Å². The average molecular weight is 326 g/mol. The molecule has 1 N–H and O–H groups in total. The predicted octanol–water partition coefficient (Wildman–Crippen LogP) is 4.37. The number of hydrogen-bond donors (Lipinski definition) is 1. The van der Waals surface area contributed by atoms with Crippen molar-refractivity contribution in [2.45, 2.75) is 6.18 Å². The van der Waals surface area contributed by atoms with Gasteiger partial charge in [-0.05, 0) is 18.2 Å². The van der Waals surface area contributed by atoms with E-state index in [0.29, 0.717) is 0 Å². The molecule has 0 atom stereocenters. The second-order valence-electron chi connectivity index (χ2n) is 3.63. The number of aromatic nitrogens is 1. The molecule has 106 valence electrons. The van der Waals surface area contributed by atoms with Gasteiger partial charge < -0.3 is 9.52 Å². The van der Waals surface area contributed by atoms with E-state index in [9.17, 15) is 18.0 Å². The maximum atomic E-state index is 12.6. The van der Waals surface area contributed by atoms with Crippen LogP contribution in [0.1, 0.15) is 16.2 Å². The Morgan fingerprint density at radius 2 is 1.90 bits per heavy atom. The van der Waals surface area contributed by atoms with E-state index < -0.39 is 29.5 Å². The Labute approximate surface area is 119 Å². The molecule has 0 saturated heterocycles. The van der Waals surface area contributed by atoms with Gasteiger partial charge in [-0.25, -0.2) is 9.78 Å². The third-order valence-electron chi connectivity index (χ3n) is 2.26. The number of hydrogen-bond acceptors (Lipinski definition) is 3. The molecule has 2 aromatic rings. The minimum absolute atomic E-state index is 0.0767. The molecule has 1 aromatic heterocycles. The molecular formula is C11H4Cl2F3NO3. The molecule has 0 unspecified atom stereocenters. The highest BCUT2D eigenvalue weighted by Gasteiger charge is 2.41. The Kier molecular flexibility index (Phi) is 3.66. The van der Waals surface area contributed by atoms with Crippen LogP contribution in [0.15, 0.2) is 22.6 Å². The number of carboxylic acids is 1. The minimum atomic E-state index is -4.94. The van der Waals surface area contributed by atoms with Crippen molar-refractivity contribution in [2.75, 3.05) is 0 Å². The van der Waals surface area contributed by atoms with Gasteiger partial charge in [-0.2, -0.15) is 13.2 Å². The van der Waals surface area contributed by atoms with E-state index in [-0.39, 0.29) is 15.6 Å². The molecule has 4 nitrogen and oxygen atoms in total. The Balaban J connectivity index is 2.58.